The normalized spacial score (nSPS) is 10.5. The molecule has 0 aliphatic rings. The highest BCUT2D eigenvalue weighted by Crippen LogP contribution is 2.16. The fraction of sp³-hybridized carbons (Fsp3) is 0.308. The molecule has 0 aliphatic heterocycles. The number of nitrogens with two attached hydrogens (primary N) is 1. The second-order valence-electron chi connectivity index (χ2n) is 3.69. The van der Waals surface area contributed by atoms with Crippen molar-refractivity contribution in [3.63, 3.8) is 0 Å². The zero-order chi connectivity index (χ0) is 12.1. The number of benzene rings is 1. The molecule has 0 amide bonds. The van der Waals surface area contributed by atoms with Gasteiger partial charge in [0, 0.05) is 18.3 Å². The summed E-state index contributed by atoms with van der Waals surface area (Å²) in [6.07, 6.45) is 0.850. The first-order valence-electron chi connectivity index (χ1n) is 5.67. The Morgan fingerprint density at radius 2 is 2.06 bits per heavy atom. The largest absolute Gasteiger partial charge is 0.494 e. The molecule has 1 aromatic carbocycles. The Labute approximate surface area is 105 Å². The van der Waals surface area contributed by atoms with Crippen molar-refractivity contribution in [2.24, 2.45) is 5.73 Å². The van der Waals surface area contributed by atoms with Crippen LogP contribution >= 0.6 is 11.3 Å². The SMILES string of the molecule is CCOc1ccc(Cc2csc(CN)n2)cc1. The Bertz CT molecular complexity index is 465. The van der Waals surface area contributed by atoms with Crippen molar-refractivity contribution < 1.29 is 4.74 Å². The summed E-state index contributed by atoms with van der Waals surface area (Å²) in [6.45, 7) is 3.21. The van der Waals surface area contributed by atoms with Crippen LogP contribution in [0, 0.1) is 0 Å². The number of hydrogen-bond acceptors (Lipinski definition) is 4. The number of ether oxygens (including phenoxy) is 1. The highest BCUT2D eigenvalue weighted by Gasteiger charge is 2.02. The molecule has 1 heterocycles. The predicted molar refractivity (Wildman–Crippen MR) is 70.4 cm³/mol. The van der Waals surface area contributed by atoms with Gasteiger partial charge in [0.25, 0.3) is 0 Å². The van der Waals surface area contributed by atoms with Crippen LogP contribution in [-0.2, 0) is 13.0 Å². The second kappa shape index (κ2) is 5.80. The van der Waals surface area contributed by atoms with Crippen molar-refractivity contribution >= 4 is 11.3 Å². The fourth-order valence-corrected chi connectivity index (χ4v) is 2.28. The zero-order valence-electron chi connectivity index (χ0n) is 9.85. The molecule has 3 nitrogen and oxygen atoms in total. The predicted octanol–water partition coefficient (Wildman–Crippen LogP) is 2.59. The Morgan fingerprint density at radius 3 is 2.65 bits per heavy atom. The third kappa shape index (κ3) is 3.28. The molecule has 0 unspecified atom stereocenters. The topological polar surface area (TPSA) is 48.1 Å². The van der Waals surface area contributed by atoms with E-state index in [9.17, 15) is 0 Å². The maximum absolute atomic E-state index is 5.54. The van der Waals surface area contributed by atoms with E-state index in [1.807, 2.05) is 19.1 Å². The smallest absolute Gasteiger partial charge is 0.119 e. The molecular formula is C13H16N2OS. The summed E-state index contributed by atoms with van der Waals surface area (Å²) in [5.41, 5.74) is 7.86. The van der Waals surface area contributed by atoms with Crippen molar-refractivity contribution in [3.05, 3.63) is 45.9 Å². The van der Waals surface area contributed by atoms with Crippen molar-refractivity contribution in [2.45, 2.75) is 19.9 Å². The van der Waals surface area contributed by atoms with Gasteiger partial charge in [0.05, 0.1) is 12.3 Å². The average Bonchev–Trinajstić information content (AvgIpc) is 2.80. The summed E-state index contributed by atoms with van der Waals surface area (Å²) < 4.78 is 5.40. The van der Waals surface area contributed by atoms with E-state index < -0.39 is 0 Å². The Kier molecular flexibility index (Phi) is 4.12. The van der Waals surface area contributed by atoms with E-state index in [0.29, 0.717) is 13.2 Å². The average molecular weight is 248 g/mol. The van der Waals surface area contributed by atoms with Gasteiger partial charge in [0.1, 0.15) is 10.8 Å². The molecule has 0 saturated carbocycles. The zero-order valence-corrected chi connectivity index (χ0v) is 10.7. The summed E-state index contributed by atoms with van der Waals surface area (Å²) in [5, 5.41) is 3.06. The third-order valence-electron chi connectivity index (χ3n) is 2.39. The lowest BCUT2D eigenvalue weighted by molar-refractivity contribution is 0.340. The molecule has 2 N–H and O–H groups in total. The molecule has 0 atom stereocenters. The number of thiazole rings is 1. The van der Waals surface area contributed by atoms with E-state index >= 15 is 0 Å². The molecule has 2 aromatic rings. The first kappa shape index (κ1) is 12.1. The first-order valence-corrected chi connectivity index (χ1v) is 6.55. The molecule has 2 rings (SSSR count). The van der Waals surface area contributed by atoms with Crippen molar-refractivity contribution in [3.8, 4) is 5.75 Å². The monoisotopic (exact) mass is 248 g/mol. The Hall–Kier alpha value is -1.39. The van der Waals surface area contributed by atoms with Crippen molar-refractivity contribution in [1.82, 2.24) is 4.98 Å². The van der Waals surface area contributed by atoms with E-state index in [1.54, 1.807) is 11.3 Å². The third-order valence-corrected chi connectivity index (χ3v) is 3.31. The summed E-state index contributed by atoms with van der Waals surface area (Å²) in [4.78, 5) is 4.45. The van der Waals surface area contributed by atoms with Gasteiger partial charge < -0.3 is 10.5 Å². The molecule has 0 spiro atoms. The lowest BCUT2D eigenvalue weighted by Gasteiger charge is -2.03. The molecule has 0 saturated heterocycles. The van der Waals surface area contributed by atoms with Gasteiger partial charge in [0.15, 0.2) is 0 Å². The minimum Gasteiger partial charge on any atom is -0.494 e. The molecule has 0 radical (unpaired) electrons. The van der Waals surface area contributed by atoms with Gasteiger partial charge in [-0.15, -0.1) is 11.3 Å². The molecule has 1 aromatic heterocycles. The van der Waals surface area contributed by atoms with E-state index in [2.05, 4.69) is 22.5 Å². The van der Waals surface area contributed by atoms with E-state index in [0.717, 1.165) is 22.9 Å². The van der Waals surface area contributed by atoms with E-state index in [1.165, 1.54) is 5.56 Å². The maximum atomic E-state index is 5.54. The van der Waals surface area contributed by atoms with Crippen LogP contribution < -0.4 is 10.5 Å². The lowest BCUT2D eigenvalue weighted by atomic mass is 10.1. The van der Waals surface area contributed by atoms with Gasteiger partial charge in [-0.2, -0.15) is 0 Å². The fourth-order valence-electron chi connectivity index (χ4n) is 1.60. The van der Waals surface area contributed by atoms with Gasteiger partial charge in [0.2, 0.25) is 0 Å². The van der Waals surface area contributed by atoms with Crippen LogP contribution in [0.25, 0.3) is 0 Å². The highest BCUT2D eigenvalue weighted by molar-refractivity contribution is 7.09. The molecule has 4 heteroatoms. The highest BCUT2D eigenvalue weighted by atomic mass is 32.1. The summed E-state index contributed by atoms with van der Waals surface area (Å²) in [6, 6.07) is 8.14. The molecule has 90 valence electrons. The quantitative estimate of drug-likeness (QED) is 0.884. The van der Waals surface area contributed by atoms with Crippen LogP contribution in [0.5, 0.6) is 5.75 Å². The van der Waals surface area contributed by atoms with Crippen LogP contribution in [0.4, 0.5) is 0 Å². The van der Waals surface area contributed by atoms with Gasteiger partial charge >= 0.3 is 0 Å². The van der Waals surface area contributed by atoms with Crippen LogP contribution in [0.1, 0.15) is 23.2 Å². The standard InChI is InChI=1S/C13H16N2OS/c1-2-16-12-5-3-10(4-6-12)7-11-9-17-13(8-14)15-11/h3-6,9H,2,7-8,14H2,1H3. The second-order valence-corrected chi connectivity index (χ2v) is 4.63. The number of nitrogens with zero attached hydrogens (tertiary/aromatic N) is 1. The summed E-state index contributed by atoms with van der Waals surface area (Å²) in [7, 11) is 0. The molecule has 0 fully saturated rings. The Morgan fingerprint density at radius 1 is 1.29 bits per heavy atom. The van der Waals surface area contributed by atoms with E-state index in [-0.39, 0.29) is 0 Å². The van der Waals surface area contributed by atoms with Crippen molar-refractivity contribution in [1.29, 1.82) is 0 Å². The molecule has 17 heavy (non-hydrogen) atoms. The van der Waals surface area contributed by atoms with E-state index in [4.69, 9.17) is 10.5 Å². The first-order chi connectivity index (χ1) is 8.31. The van der Waals surface area contributed by atoms with Crippen LogP contribution in [0.2, 0.25) is 0 Å². The summed E-state index contributed by atoms with van der Waals surface area (Å²) in [5.74, 6) is 0.914. The van der Waals surface area contributed by atoms with Crippen LogP contribution in [0.3, 0.4) is 0 Å². The van der Waals surface area contributed by atoms with Gasteiger partial charge in [-0.1, -0.05) is 12.1 Å². The van der Waals surface area contributed by atoms with Crippen LogP contribution in [-0.4, -0.2) is 11.6 Å². The number of aromatic nitrogens is 1. The summed E-state index contributed by atoms with van der Waals surface area (Å²) >= 11 is 1.62. The van der Waals surface area contributed by atoms with Gasteiger partial charge in [-0.3, -0.25) is 0 Å². The minimum absolute atomic E-state index is 0.522. The number of hydrogen-bond donors (Lipinski definition) is 1. The molecular weight excluding hydrogens is 232 g/mol. The van der Waals surface area contributed by atoms with Gasteiger partial charge in [-0.05, 0) is 24.6 Å². The maximum Gasteiger partial charge on any atom is 0.119 e. The number of rotatable bonds is 5. The molecule has 0 aliphatic carbocycles. The lowest BCUT2D eigenvalue weighted by Crippen LogP contribution is -1.96. The van der Waals surface area contributed by atoms with Crippen LogP contribution in [0.15, 0.2) is 29.6 Å². The van der Waals surface area contributed by atoms with Gasteiger partial charge in [-0.25, -0.2) is 4.98 Å². The Balaban J connectivity index is 2.03. The minimum atomic E-state index is 0.522. The van der Waals surface area contributed by atoms with Crippen molar-refractivity contribution in [2.75, 3.05) is 6.61 Å². The molecule has 0 bridgehead atoms.